The van der Waals surface area contributed by atoms with Crippen LogP contribution in [0.25, 0.3) is 0 Å². The van der Waals surface area contributed by atoms with E-state index in [-0.39, 0.29) is 43.4 Å². The highest BCUT2D eigenvalue weighted by molar-refractivity contribution is 4.93. The third-order valence-electron chi connectivity index (χ3n) is 7.52. The Morgan fingerprint density at radius 3 is 2.37 bits per heavy atom. The fourth-order valence-corrected chi connectivity index (χ4v) is 5.40. The van der Waals surface area contributed by atoms with Crippen molar-refractivity contribution in [1.29, 1.82) is 0 Å². The molecule has 2 saturated heterocycles. The molecule has 0 bridgehead atoms. The van der Waals surface area contributed by atoms with Gasteiger partial charge in [0, 0.05) is 12.1 Å². The van der Waals surface area contributed by atoms with E-state index in [1.807, 2.05) is 0 Å². The summed E-state index contributed by atoms with van der Waals surface area (Å²) in [6, 6.07) is 0.677. The molecule has 2 aliphatic heterocycles. The van der Waals surface area contributed by atoms with Crippen molar-refractivity contribution in [3.05, 3.63) is 0 Å². The molecular weight excluding hydrogens is 395 g/mol. The standard InChI is InChI=1S/C22H38F3N3O2/c23-22(24,25)15-11-9-14(10-12-15)19-21(30-19)27-13-5-1-2-8-18-20(29-18)28-17-7-4-3-6-16(17)26/h14-21,27-28H,1-13,26H2. The van der Waals surface area contributed by atoms with E-state index in [1.54, 1.807) is 0 Å². The largest absolute Gasteiger partial charge is 0.391 e. The molecule has 0 aromatic heterocycles. The van der Waals surface area contributed by atoms with Crippen LogP contribution in [-0.4, -0.2) is 49.5 Å². The lowest BCUT2D eigenvalue weighted by Gasteiger charge is -2.29. The summed E-state index contributed by atoms with van der Waals surface area (Å²) in [6.07, 6.45) is 7.72. The average molecular weight is 434 g/mol. The molecule has 4 fully saturated rings. The molecule has 0 aromatic rings. The van der Waals surface area contributed by atoms with E-state index in [0.29, 0.717) is 25.0 Å². The molecule has 4 aliphatic rings. The summed E-state index contributed by atoms with van der Waals surface area (Å²) in [5, 5.41) is 6.99. The van der Waals surface area contributed by atoms with E-state index in [4.69, 9.17) is 15.2 Å². The van der Waals surface area contributed by atoms with Gasteiger partial charge in [-0.3, -0.25) is 10.6 Å². The van der Waals surface area contributed by atoms with Gasteiger partial charge in [-0.2, -0.15) is 13.2 Å². The maximum Gasteiger partial charge on any atom is 0.391 e. The van der Waals surface area contributed by atoms with E-state index < -0.39 is 12.1 Å². The van der Waals surface area contributed by atoms with E-state index in [9.17, 15) is 13.2 Å². The predicted molar refractivity (Wildman–Crippen MR) is 109 cm³/mol. The van der Waals surface area contributed by atoms with Gasteiger partial charge in [-0.1, -0.05) is 25.7 Å². The van der Waals surface area contributed by atoms with Crippen LogP contribution in [0.5, 0.6) is 0 Å². The number of unbranched alkanes of at least 4 members (excludes halogenated alkanes) is 2. The molecule has 174 valence electrons. The Bertz CT molecular complexity index is 542. The minimum atomic E-state index is -4.03. The fourth-order valence-electron chi connectivity index (χ4n) is 5.40. The lowest BCUT2D eigenvalue weighted by atomic mass is 9.80. The van der Waals surface area contributed by atoms with Crippen LogP contribution in [0.15, 0.2) is 0 Å². The first-order valence-corrected chi connectivity index (χ1v) is 12.0. The summed E-state index contributed by atoms with van der Waals surface area (Å²) < 4.78 is 49.8. The lowest BCUT2D eigenvalue weighted by Crippen LogP contribution is -2.48. The Kier molecular flexibility index (Phi) is 7.61. The van der Waals surface area contributed by atoms with Crippen molar-refractivity contribution >= 4 is 0 Å². The van der Waals surface area contributed by atoms with Crippen LogP contribution in [0.2, 0.25) is 0 Å². The molecule has 2 aliphatic carbocycles. The number of ether oxygens (including phenoxy) is 2. The highest BCUT2D eigenvalue weighted by atomic mass is 19.4. The van der Waals surface area contributed by atoms with Crippen molar-refractivity contribution in [1.82, 2.24) is 10.6 Å². The second-order valence-electron chi connectivity index (χ2n) is 9.79. The number of hydrogen-bond donors (Lipinski definition) is 3. The smallest absolute Gasteiger partial charge is 0.353 e. The van der Waals surface area contributed by atoms with Crippen LogP contribution in [0.3, 0.4) is 0 Å². The number of epoxide rings is 2. The molecule has 30 heavy (non-hydrogen) atoms. The highest BCUT2D eigenvalue weighted by Gasteiger charge is 2.49. The Labute approximate surface area is 178 Å². The van der Waals surface area contributed by atoms with Gasteiger partial charge in [0.2, 0.25) is 0 Å². The zero-order valence-electron chi connectivity index (χ0n) is 17.8. The molecule has 0 spiro atoms. The topological polar surface area (TPSA) is 75.1 Å². The van der Waals surface area contributed by atoms with Gasteiger partial charge in [-0.25, -0.2) is 0 Å². The Morgan fingerprint density at radius 1 is 0.867 bits per heavy atom. The predicted octanol–water partition coefficient (Wildman–Crippen LogP) is 3.81. The second-order valence-corrected chi connectivity index (χ2v) is 9.79. The molecule has 4 rings (SSSR count). The van der Waals surface area contributed by atoms with Crippen LogP contribution >= 0.6 is 0 Å². The lowest BCUT2D eigenvalue weighted by molar-refractivity contribution is -0.184. The van der Waals surface area contributed by atoms with Gasteiger partial charge in [0.1, 0.15) is 18.6 Å². The summed E-state index contributed by atoms with van der Waals surface area (Å²) in [7, 11) is 0. The Morgan fingerprint density at radius 2 is 1.63 bits per heavy atom. The van der Waals surface area contributed by atoms with E-state index in [1.165, 1.54) is 12.8 Å². The Hall–Kier alpha value is -0.410. The zero-order chi connectivity index (χ0) is 21.1. The summed E-state index contributed by atoms with van der Waals surface area (Å²) in [5.41, 5.74) is 6.19. The number of hydrogen-bond acceptors (Lipinski definition) is 5. The molecule has 0 aromatic carbocycles. The summed E-state index contributed by atoms with van der Waals surface area (Å²) in [5.74, 6) is -0.821. The molecule has 0 amide bonds. The van der Waals surface area contributed by atoms with Crippen molar-refractivity contribution in [2.45, 2.75) is 120 Å². The van der Waals surface area contributed by atoms with Crippen LogP contribution in [0.1, 0.15) is 77.0 Å². The van der Waals surface area contributed by atoms with Gasteiger partial charge >= 0.3 is 6.18 Å². The minimum absolute atomic E-state index is 0.0532. The number of nitrogens with two attached hydrogens (primary N) is 1. The summed E-state index contributed by atoms with van der Waals surface area (Å²) >= 11 is 0. The molecule has 4 N–H and O–H groups in total. The number of alkyl halides is 3. The second kappa shape index (κ2) is 10.0. The van der Waals surface area contributed by atoms with Crippen LogP contribution in [0, 0.1) is 11.8 Å². The first kappa shape index (κ1) is 22.8. The number of halogens is 3. The molecule has 2 saturated carbocycles. The first-order valence-electron chi connectivity index (χ1n) is 12.0. The maximum absolute atomic E-state index is 12.8. The van der Waals surface area contributed by atoms with E-state index >= 15 is 0 Å². The monoisotopic (exact) mass is 433 g/mol. The van der Waals surface area contributed by atoms with Gasteiger partial charge in [-0.05, 0) is 63.8 Å². The van der Waals surface area contributed by atoms with Crippen LogP contribution in [0.4, 0.5) is 13.2 Å². The van der Waals surface area contributed by atoms with Crippen molar-refractivity contribution in [2.24, 2.45) is 17.6 Å². The summed E-state index contributed by atoms with van der Waals surface area (Å²) in [4.78, 5) is 0. The maximum atomic E-state index is 12.8. The third kappa shape index (κ3) is 6.31. The molecule has 0 radical (unpaired) electrons. The molecule has 2 heterocycles. The quantitative estimate of drug-likeness (QED) is 0.361. The van der Waals surface area contributed by atoms with Crippen molar-refractivity contribution < 1.29 is 22.6 Å². The van der Waals surface area contributed by atoms with Gasteiger partial charge in [0.25, 0.3) is 0 Å². The average Bonchev–Trinajstić information content (AvgIpc) is 3.63. The van der Waals surface area contributed by atoms with Gasteiger partial charge < -0.3 is 15.2 Å². The number of nitrogens with one attached hydrogen (secondary N) is 2. The normalized spacial score (nSPS) is 41.6. The van der Waals surface area contributed by atoms with Gasteiger partial charge in [0.05, 0.1) is 12.0 Å². The Balaban J connectivity index is 0.985. The zero-order valence-corrected chi connectivity index (χ0v) is 17.8. The van der Waals surface area contributed by atoms with E-state index in [0.717, 1.165) is 45.1 Å². The fraction of sp³-hybridized carbons (Fsp3) is 1.00. The molecule has 8 heteroatoms. The molecule has 5 nitrogen and oxygen atoms in total. The van der Waals surface area contributed by atoms with Gasteiger partial charge in [0.15, 0.2) is 0 Å². The molecular formula is C22H38F3N3O2. The highest BCUT2D eigenvalue weighted by Crippen LogP contribution is 2.44. The minimum Gasteiger partial charge on any atom is -0.353 e. The first-order chi connectivity index (χ1) is 14.4. The third-order valence-corrected chi connectivity index (χ3v) is 7.52. The van der Waals surface area contributed by atoms with Crippen molar-refractivity contribution in [3.63, 3.8) is 0 Å². The van der Waals surface area contributed by atoms with Crippen molar-refractivity contribution in [2.75, 3.05) is 6.54 Å². The SMILES string of the molecule is NC1CCCCC1NC1OC1CCCCCNC1OC1C1CCC(C(F)(F)F)CC1. The van der Waals surface area contributed by atoms with Crippen molar-refractivity contribution in [3.8, 4) is 0 Å². The van der Waals surface area contributed by atoms with Gasteiger partial charge in [-0.15, -0.1) is 0 Å². The molecule has 6 atom stereocenters. The number of rotatable bonds is 10. The van der Waals surface area contributed by atoms with Crippen LogP contribution in [-0.2, 0) is 9.47 Å². The summed E-state index contributed by atoms with van der Waals surface area (Å²) in [6.45, 7) is 0.906. The molecule has 6 unspecified atom stereocenters. The van der Waals surface area contributed by atoms with E-state index in [2.05, 4.69) is 10.6 Å². The van der Waals surface area contributed by atoms with Crippen LogP contribution < -0.4 is 16.4 Å².